The largest absolute Gasteiger partial charge is 0.287 e. The topological polar surface area (TPSA) is 78.0 Å². The van der Waals surface area contributed by atoms with Gasteiger partial charge in [0.2, 0.25) is 0 Å². The van der Waals surface area contributed by atoms with Crippen molar-refractivity contribution in [2.24, 2.45) is 0 Å². The van der Waals surface area contributed by atoms with Gasteiger partial charge in [0.05, 0.1) is 28.3 Å². The quantitative estimate of drug-likeness (QED) is 0.606. The number of rotatable bonds is 3. The molecule has 0 aliphatic rings. The van der Waals surface area contributed by atoms with E-state index in [-0.39, 0.29) is 22.3 Å². The molecule has 0 N–H and O–H groups in total. The Bertz CT molecular complexity index is 748. The van der Waals surface area contributed by atoms with Crippen LogP contribution in [0.25, 0.3) is 0 Å². The van der Waals surface area contributed by atoms with Crippen LogP contribution in [0.3, 0.4) is 0 Å². The Hall–Kier alpha value is -1.44. The lowest BCUT2D eigenvalue weighted by Crippen LogP contribution is -2.24. The highest BCUT2D eigenvalue weighted by atomic mass is 79.9. The van der Waals surface area contributed by atoms with E-state index in [1.54, 1.807) is 12.1 Å². The molecule has 0 amide bonds. The van der Waals surface area contributed by atoms with Gasteiger partial charge in [0.15, 0.2) is 0 Å². The molecular weight excluding hydrogens is 373 g/mol. The second-order valence-electron chi connectivity index (χ2n) is 3.80. The van der Waals surface area contributed by atoms with Gasteiger partial charge in [0, 0.05) is 10.5 Å². The summed E-state index contributed by atoms with van der Waals surface area (Å²) in [5, 5.41) is 14.7. The molecule has 0 fully saturated rings. The molecule has 0 aliphatic heterocycles. The minimum Gasteiger partial charge on any atom is -0.266 e. The second-order valence-corrected chi connectivity index (χ2v) is 5.50. The fourth-order valence-corrected chi connectivity index (χ4v) is 2.18. The van der Waals surface area contributed by atoms with Crippen molar-refractivity contribution < 1.29 is 4.92 Å². The Morgan fingerprint density at radius 1 is 1.40 bits per heavy atom. The van der Waals surface area contributed by atoms with E-state index in [2.05, 4.69) is 21.0 Å². The lowest BCUT2D eigenvalue weighted by Gasteiger charge is -2.06. The van der Waals surface area contributed by atoms with Gasteiger partial charge in [-0.2, -0.15) is 5.10 Å². The van der Waals surface area contributed by atoms with Crippen LogP contribution in [0.2, 0.25) is 10.0 Å². The van der Waals surface area contributed by atoms with E-state index < -0.39 is 10.5 Å². The normalized spacial score (nSPS) is 10.6. The minimum absolute atomic E-state index is 0.0400. The standard InChI is InChI=1S/C11H6BrCl2N3O3/c12-7-2-1-6(9(3-7)17(19)20)5-16-11(18)10(14)8(13)4-15-16/h1-4H,5H2. The van der Waals surface area contributed by atoms with Gasteiger partial charge in [-0.15, -0.1) is 0 Å². The van der Waals surface area contributed by atoms with Crippen molar-refractivity contribution in [2.45, 2.75) is 6.54 Å². The van der Waals surface area contributed by atoms with Crippen molar-refractivity contribution in [3.8, 4) is 0 Å². The van der Waals surface area contributed by atoms with Crippen LogP contribution in [0.5, 0.6) is 0 Å². The van der Waals surface area contributed by atoms with E-state index in [1.165, 1.54) is 12.3 Å². The van der Waals surface area contributed by atoms with Crippen LogP contribution in [0, 0.1) is 10.1 Å². The van der Waals surface area contributed by atoms with Crippen LogP contribution in [0.1, 0.15) is 5.56 Å². The zero-order valence-corrected chi connectivity index (χ0v) is 12.8. The maximum Gasteiger partial charge on any atom is 0.287 e. The maximum absolute atomic E-state index is 11.8. The van der Waals surface area contributed by atoms with Gasteiger partial charge in [-0.05, 0) is 12.1 Å². The van der Waals surface area contributed by atoms with Gasteiger partial charge in [-0.25, -0.2) is 4.68 Å². The molecule has 0 saturated heterocycles. The number of benzene rings is 1. The molecule has 104 valence electrons. The molecule has 0 unspecified atom stereocenters. The molecule has 20 heavy (non-hydrogen) atoms. The summed E-state index contributed by atoms with van der Waals surface area (Å²) in [5.74, 6) is 0. The number of halogens is 3. The molecule has 6 nitrogen and oxygen atoms in total. The van der Waals surface area contributed by atoms with E-state index >= 15 is 0 Å². The summed E-state index contributed by atoms with van der Waals surface area (Å²) >= 11 is 14.6. The highest BCUT2D eigenvalue weighted by molar-refractivity contribution is 9.10. The first kappa shape index (κ1) is 15.0. The Kier molecular flexibility index (Phi) is 4.42. The average molecular weight is 379 g/mol. The Balaban J connectivity index is 2.48. The summed E-state index contributed by atoms with van der Waals surface area (Å²) in [6, 6.07) is 4.54. The second kappa shape index (κ2) is 5.90. The third kappa shape index (κ3) is 3.00. The molecule has 1 aromatic carbocycles. The first-order valence-electron chi connectivity index (χ1n) is 5.24. The smallest absolute Gasteiger partial charge is 0.266 e. The van der Waals surface area contributed by atoms with Crippen LogP contribution < -0.4 is 5.56 Å². The third-order valence-corrected chi connectivity index (χ3v) is 3.75. The van der Waals surface area contributed by atoms with E-state index in [4.69, 9.17) is 23.2 Å². The van der Waals surface area contributed by atoms with Gasteiger partial charge in [-0.1, -0.05) is 39.1 Å². The number of aromatic nitrogens is 2. The van der Waals surface area contributed by atoms with E-state index in [9.17, 15) is 14.9 Å². The Labute approximate surface area is 131 Å². The summed E-state index contributed by atoms with van der Waals surface area (Å²) in [6.45, 7) is -0.0701. The molecule has 0 radical (unpaired) electrons. The molecule has 0 atom stereocenters. The maximum atomic E-state index is 11.8. The fraction of sp³-hybridized carbons (Fsp3) is 0.0909. The molecule has 0 saturated carbocycles. The van der Waals surface area contributed by atoms with Gasteiger partial charge >= 0.3 is 0 Å². The molecule has 0 bridgehead atoms. The van der Waals surface area contributed by atoms with Crippen LogP contribution >= 0.6 is 39.1 Å². The van der Waals surface area contributed by atoms with Gasteiger partial charge in [-0.3, -0.25) is 14.9 Å². The van der Waals surface area contributed by atoms with Crippen LogP contribution in [-0.4, -0.2) is 14.7 Å². The van der Waals surface area contributed by atoms with Crippen LogP contribution in [0.4, 0.5) is 5.69 Å². The third-order valence-electron chi connectivity index (χ3n) is 2.51. The molecule has 2 rings (SSSR count). The first-order chi connectivity index (χ1) is 9.40. The predicted octanol–water partition coefficient (Wildman–Crippen LogP) is 3.27. The highest BCUT2D eigenvalue weighted by Crippen LogP contribution is 2.24. The summed E-state index contributed by atoms with van der Waals surface area (Å²) in [6.07, 6.45) is 1.22. The predicted molar refractivity (Wildman–Crippen MR) is 78.4 cm³/mol. The highest BCUT2D eigenvalue weighted by Gasteiger charge is 2.16. The van der Waals surface area contributed by atoms with Crippen LogP contribution in [0.15, 0.2) is 33.7 Å². The Morgan fingerprint density at radius 3 is 2.75 bits per heavy atom. The van der Waals surface area contributed by atoms with Crippen molar-refractivity contribution in [3.63, 3.8) is 0 Å². The van der Waals surface area contributed by atoms with Crippen molar-refractivity contribution >= 4 is 44.8 Å². The first-order valence-corrected chi connectivity index (χ1v) is 6.79. The van der Waals surface area contributed by atoms with Gasteiger partial charge in [0.1, 0.15) is 5.02 Å². The molecule has 1 aromatic heterocycles. The van der Waals surface area contributed by atoms with Gasteiger partial charge < -0.3 is 0 Å². The minimum atomic E-state index is -0.601. The summed E-state index contributed by atoms with van der Waals surface area (Å²) in [7, 11) is 0. The molecule has 1 heterocycles. The zero-order chi connectivity index (χ0) is 14.9. The lowest BCUT2D eigenvalue weighted by molar-refractivity contribution is -0.385. The van der Waals surface area contributed by atoms with Crippen molar-refractivity contribution in [1.82, 2.24) is 9.78 Å². The molecule has 2 aromatic rings. The number of hydrogen-bond acceptors (Lipinski definition) is 4. The SMILES string of the molecule is O=c1c(Cl)c(Cl)cnn1Cc1ccc(Br)cc1[N+](=O)[O-]. The average Bonchev–Trinajstić information content (AvgIpc) is 2.41. The zero-order valence-electron chi connectivity index (χ0n) is 9.72. The summed E-state index contributed by atoms with van der Waals surface area (Å²) < 4.78 is 1.59. The van der Waals surface area contributed by atoms with Crippen LogP contribution in [-0.2, 0) is 6.54 Å². The number of hydrogen-bond donors (Lipinski definition) is 0. The lowest BCUT2D eigenvalue weighted by atomic mass is 10.2. The molecular formula is C11H6BrCl2N3O3. The van der Waals surface area contributed by atoms with E-state index in [0.29, 0.717) is 10.0 Å². The molecule has 0 spiro atoms. The summed E-state index contributed by atoms with van der Waals surface area (Å²) in [4.78, 5) is 22.3. The molecule has 0 aliphatic carbocycles. The Morgan fingerprint density at radius 2 is 2.10 bits per heavy atom. The molecule has 9 heteroatoms. The van der Waals surface area contributed by atoms with Crippen molar-refractivity contribution in [1.29, 1.82) is 0 Å². The van der Waals surface area contributed by atoms with E-state index in [0.717, 1.165) is 4.68 Å². The summed E-state index contributed by atoms with van der Waals surface area (Å²) in [5.41, 5.74) is -0.373. The number of nitro benzene ring substituents is 1. The number of nitrogens with zero attached hydrogens (tertiary/aromatic N) is 3. The van der Waals surface area contributed by atoms with Crippen molar-refractivity contribution in [3.05, 3.63) is 64.9 Å². The fourth-order valence-electron chi connectivity index (χ4n) is 1.56. The number of nitro groups is 1. The van der Waals surface area contributed by atoms with Gasteiger partial charge in [0.25, 0.3) is 11.2 Å². The monoisotopic (exact) mass is 377 g/mol. The van der Waals surface area contributed by atoms with E-state index in [1.807, 2.05) is 0 Å². The van der Waals surface area contributed by atoms with Crippen molar-refractivity contribution in [2.75, 3.05) is 0 Å².